The Kier molecular flexibility index (Phi) is 10.7. The van der Waals surface area contributed by atoms with Gasteiger partial charge in [0.05, 0.1) is 17.0 Å². The molecule has 1 aromatic rings. The summed E-state index contributed by atoms with van der Waals surface area (Å²) in [7, 11) is 1.31. The Bertz CT molecular complexity index is 674. The predicted molar refractivity (Wildman–Crippen MR) is 117 cm³/mol. The Morgan fingerprint density at radius 3 is 2.23 bits per heavy atom. The van der Waals surface area contributed by atoms with Crippen LogP contribution in [0, 0.1) is 0 Å². The van der Waals surface area contributed by atoms with Crippen LogP contribution in [0.25, 0.3) is 0 Å². The van der Waals surface area contributed by atoms with E-state index in [1.54, 1.807) is 31.4 Å². The molecule has 0 atom stereocenters. The lowest BCUT2D eigenvalue weighted by Crippen LogP contribution is -2.45. The summed E-state index contributed by atoms with van der Waals surface area (Å²) < 4.78 is 30.7. The summed E-state index contributed by atoms with van der Waals surface area (Å²) >= 11 is 0. The topological polar surface area (TPSA) is 83.0 Å². The average Bonchev–Trinajstić information content (AvgIpc) is 2.57. The van der Waals surface area contributed by atoms with Gasteiger partial charge in [-0.15, -0.1) is 24.0 Å². The molecule has 1 rings (SSSR count). The smallest absolute Gasteiger partial charge is 0.242 e. The van der Waals surface area contributed by atoms with Crippen molar-refractivity contribution in [1.29, 1.82) is 0 Å². The molecule has 150 valence electrons. The van der Waals surface area contributed by atoms with Gasteiger partial charge in [-0.3, -0.25) is 0 Å². The van der Waals surface area contributed by atoms with Crippen LogP contribution in [0.15, 0.2) is 34.2 Å². The van der Waals surface area contributed by atoms with Crippen molar-refractivity contribution < 1.29 is 13.2 Å². The number of guanidine groups is 1. The van der Waals surface area contributed by atoms with E-state index in [1.165, 1.54) is 18.4 Å². The summed E-state index contributed by atoms with van der Waals surface area (Å²) in [6.45, 7) is 7.81. The summed E-state index contributed by atoms with van der Waals surface area (Å²) in [5.74, 6) is 0.692. The summed E-state index contributed by atoms with van der Waals surface area (Å²) in [5, 5.41) is 6.42. The summed E-state index contributed by atoms with van der Waals surface area (Å²) in [5.41, 5.74) is 0.638. The van der Waals surface area contributed by atoms with E-state index in [4.69, 9.17) is 4.74 Å². The van der Waals surface area contributed by atoms with Gasteiger partial charge in [-0.1, -0.05) is 12.1 Å². The van der Waals surface area contributed by atoms with Gasteiger partial charge in [-0.2, -0.15) is 0 Å². The van der Waals surface area contributed by atoms with E-state index < -0.39 is 10.0 Å². The molecule has 0 bridgehead atoms. The van der Waals surface area contributed by atoms with E-state index in [9.17, 15) is 8.42 Å². The Balaban J connectivity index is 0.00000625. The molecule has 0 radical (unpaired) electrons. The lowest BCUT2D eigenvalue weighted by Gasteiger charge is -2.24. The Hall–Kier alpha value is -0.910. The Morgan fingerprint density at radius 1 is 1.19 bits per heavy atom. The minimum absolute atomic E-state index is 0. The van der Waals surface area contributed by atoms with Crippen LogP contribution in [0.4, 0.5) is 0 Å². The standard InChI is InChI=1S/C17H30N4O3S.HI/c1-7-18-16(20-13-17(2,3)24-6)19-12-14-8-10-15(11-9-14)25(22,23)21(4)5;/h8-11H,7,12-13H2,1-6H3,(H2,18,19,20);1H. The second-order valence-corrected chi connectivity index (χ2v) is 8.60. The molecule has 0 aliphatic carbocycles. The van der Waals surface area contributed by atoms with Crippen LogP contribution in [0.2, 0.25) is 0 Å². The molecule has 26 heavy (non-hydrogen) atoms. The highest BCUT2D eigenvalue weighted by molar-refractivity contribution is 14.0. The maximum absolute atomic E-state index is 12.1. The van der Waals surface area contributed by atoms with Gasteiger partial charge in [0.25, 0.3) is 0 Å². The van der Waals surface area contributed by atoms with Crippen molar-refractivity contribution in [2.24, 2.45) is 4.99 Å². The number of benzene rings is 1. The van der Waals surface area contributed by atoms with Crippen LogP contribution in [0.1, 0.15) is 26.3 Å². The first-order valence-electron chi connectivity index (χ1n) is 8.21. The van der Waals surface area contributed by atoms with Crippen LogP contribution in [0.3, 0.4) is 0 Å². The fraction of sp³-hybridized carbons (Fsp3) is 0.588. The minimum Gasteiger partial charge on any atom is -0.377 e. The Morgan fingerprint density at radius 2 is 1.77 bits per heavy atom. The lowest BCUT2D eigenvalue weighted by atomic mass is 10.1. The van der Waals surface area contributed by atoms with Gasteiger partial charge >= 0.3 is 0 Å². The maximum Gasteiger partial charge on any atom is 0.242 e. The number of nitrogens with zero attached hydrogens (tertiary/aromatic N) is 2. The van der Waals surface area contributed by atoms with E-state index in [0.29, 0.717) is 19.0 Å². The highest BCUT2D eigenvalue weighted by Crippen LogP contribution is 2.14. The van der Waals surface area contributed by atoms with Gasteiger partial charge in [-0.05, 0) is 38.5 Å². The first-order chi connectivity index (χ1) is 11.6. The highest BCUT2D eigenvalue weighted by Gasteiger charge is 2.17. The molecule has 0 aromatic heterocycles. The molecule has 0 saturated carbocycles. The third-order valence-electron chi connectivity index (χ3n) is 3.70. The molecular weight excluding hydrogens is 467 g/mol. The van der Waals surface area contributed by atoms with Gasteiger partial charge in [0.2, 0.25) is 10.0 Å². The second-order valence-electron chi connectivity index (χ2n) is 6.44. The molecule has 2 N–H and O–H groups in total. The number of hydrogen-bond acceptors (Lipinski definition) is 4. The predicted octanol–water partition coefficient (Wildman–Crippen LogP) is 2.03. The lowest BCUT2D eigenvalue weighted by molar-refractivity contribution is 0.0268. The first-order valence-corrected chi connectivity index (χ1v) is 9.65. The molecule has 0 spiro atoms. The molecule has 7 nitrogen and oxygen atoms in total. The third kappa shape index (κ3) is 7.77. The van der Waals surface area contributed by atoms with Crippen LogP contribution >= 0.6 is 24.0 Å². The summed E-state index contributed by atoms with van der Waals surface area (Å²) in [4.78, 5) is 4.80. The zero-order valence-corrected chi connectivity index (χ0v) is 19.5. The first kappa shape index (κ1) is 25.1. The number of aliphatic imine (C=N–C) groups is 1. The molecule has 0 unspecified atom stereocenters. The maximum atomic E-state index is 12.1. The summed E-state index contributed by atoms with van der Waals surface area (Å²) in [6.07, 6.45) is 0. The molecule has 1 aromatic carbocycles. The van der Waals surface area contributed by atoms with E-state index in [1.807, 2.05) is 20.8 Å². The van der Waals surface area contributed by atoms with Gasteiger partial charge in [0.1, 0.15) is 0 Å². The van der Waals surface area contributed by atoms with E-state index in [2.05, 4.69) is 15.6 Å². The number of methoxy groups -OCH3 is 1. The molecule has 0 amide bonds. The largest absolute Gasteiger partial charge is 0.377 e. The van der Waals surface area contributed by atoms with Crippen LogP contribution < -0.4 is 10.6 Å². The number of nitrogens with one attached hydrogen (secondary N) is 2. The van der Waals surface area contributed by atoms with Gasteiger partial charge in [0, 0.05) is 34.3 Å². The normalized spacial score (nSPS) is 12.7. The SMILES string of the molecule is CCNC(=NCc1ccc(S(=O)(=O)N(C)C)cc1)NCC(C)(C)OC.I. The Labute approximate surface area is 174 Å². The molecule has 0 heterocycles. The third-order valence-corrected chi connectivity index (χ3v) is 5.53. The molecule has 0 fully saturated rings. The fourth-order valence-corrected chi connectivity index (χ4v) is 2.76. The zero-order chi connectivity index (χ0) is 19.1. The molecule has 0 aliphatic heterocycles. The van der Waals surface area contributed by atoms with E-state index in [-0.39, 0.29) is 34.5 Å². The van der Waals surface area contributed by atoms with Crippen LogP contribution in [-0.2, 0) is 21.3 Å². The van der Waals surface area contributed by atoms with Crippen molar-refractivity contribution in [3.8, 4) is 0 Å². The minimum atomic E-state index is -3.40. The quantitative estimate of drug-likeness (QED) is 0.326. The second kappa shape index (κ2) is 11.1. The van der Waals surface area contributed by atoms with Gasteiger partial charge in [0.15, 0.2) is 5.96 Å². The van der Waals surface area contributed by atoms with Crippen molar-refractivity contribution in [3.05, 3.63) is 29.8 Å². The molecule has 9 heteroatoms. The number of sulfonamides is 1. The summed E-state index contributed by atoms with van der Waals surface area (Å²) in [6, 6.07) is 6.77. The van der Waals surface area contributed by atoms with Crippen molar-refractivity contribution in [2.45, 2.75) is 37.8 Å². The number of ether oxygens (including phenoxy) is 1. The highest BCUT2D eigenvalue weighted by atomic mass is 127. The van der Waals surface area contributed by atoms with Crippen molar-refractivity contribution >= 4 is 40.0 Å². The van der Waals surface area contributed by atoms with Gasteiger partial charge < -0.3 is 15.4 Å². The molecule has 0 saturated heterocycles. The number of halogens is 1. The average molecular weight is 498 g/mol. The number of hydrogen-bond donors (Lipinski definition) is 2. The zero-order valence-electron chi connectivity index (χ0n) is 16.4. The van der Waals surface area contributed by atoms with E-state index in [0.717, 1.165) is 12.1 Å². The van der Waals surface area contributed by atoms with Crippen molar-refractivity contribution in [1.82, 2.24) is 14.9 Å². The van der Waals surface area contributed by atoms with Crippen LogP contribution in [0.5, 0.6) is 0 Å². The molecular formula is C17H31IN4O3S. The monoisotopic (exact) mass is 498 g/mol. The van der Waals surface area contributed by atoms with E-state index >= 15 is 0 Å². The number of rotatable bonds is 8. The van der Waals surface area contributed by atoms with Crippen molar-refractivity contribution in [3.63, 3.8) is 0 Å². The van der Waals surface area contributed by atoms with Crippen molar-refractivity contribution in [2.75, 3.05) is 34.3 Å². The molecule has 0 aliphatic rings. The van der Waals surface area contributed by atoms with Crippen LogP contribution in [-0.4, -0.2) is 58.6 Å². The fourth-order valence-electron chi connectivity index (χ4n) is 1.86. The van der Waals surface area contributed by atoms with Gasteiger partial charge in [-0.25, -0.2) is 17.7 Å².